The quantitative estimate of drug-likeness (QED) is 0.722. The van der Waals surface area contributed by atoms with Crippen molar-refractivity contribution in [3.63, 3.8) is 0 Å². The fraction of sp³-hybridized carbons (Fsp3) is 0.250. The fourth-order valence-electron chi connectivity index (χ4n) is 1.48. The largest absolute Gasteiger partial charge is 0.506 e. The highest BCUT2D eigenvalue weighted by molar-refractivity contribution is 5.75. The third-order valence-electron chi connectivity index (χ3n) is 2.50. The van der Waals surface area contributed by atoms with Crippen LogP contribution in [0.1, 0.15) is 5.69 Å². The van der Waals surface area contributed by atoms with Crippen molar-refractivity contribution >= 4 is 11.6 Å². The van der Waals surface area contributed by atoms with Crippen LogP contribution in [0.4, 0.5) is 5.69 Å². The molecule has 0 radical (unpaired) electrons. The van der Waals surface area contributed by atoms with Crippen LogP contribution in [0.3, 0.4) is 0 Å². The Morgan fingerprint density at radius 1 is 1.42 bits per heavy atom. The van der Waals surface area contributed by atoms with Gasteiger partial charge in [0.1, 0.15) is 12.3 Å². The number of hydrogen-bond acceptors (Lipinski definition) is 5. The Hall–Kier alpha value is -2.57. The average Bonchev–Trinajstić information content (AvgIpc) is 2.85. The first kappa shape index (κ1) is 12.9. The number of nitrogens with zero attached hydrogens (tertiary/aromatic N) is 3. The third-order valence-corrected chi connectivity index (χ3v) is 2.50. The summed E-state index contributed by atoms with van der Waals surface area (Å²) in [6, 6.07) is 3.32. The third kappa shape index (κ3) is 3.70. The SMILES string of the molecule is CNC(=O)Cn1cc(NCc2ccc(O)cn2)cn1. The summed E-state index contributed by atoms with van der Waals surface area (Å²) in [5.74, 6) is 0.0389. The van der Waals surface area contributed by atoms with E-state index in [9.17, 15) is 4.79 Å². The van der Waals surface area contributed by atoms with E-state index in [0.717, 1.165) is 11.4 Å². The Morgan fingerprint density at radius 2 is 2.26 bits per heavy atom. The van der Waals surface area contributed by atoms with Crippen LogP contribution in [0.25, 0.3) is 0 Å². The molecule has 1 amide bonds. The van der Waals surface area contributed by atoms with E-state index in [2.05, 4.69) is 20.7 Å². The molecule has 3 N–H and O–H groups in total. The van der Waals surface area contributed by atoms with Crippen molar-refractivity contribution in [2.45, 2.75) is 13.1 Å². The molecule has 7 heteroatoms. The van der Waals surface area contributed by atoms with Crippen molar-refractivity contribution in [3.05, 3.63) is 36.4 Å². The van der Waals surface area contributed by atoms with Gasteiger partial charge in [-0.25, -0.2) is 0 Å². The molecule has 2 aromatic rings. The summed E-state index contributed by atoms with van der Waals surface area (Å²) >= 11 is 0. The number of aromatic nitrogens is 3. The smallest absolute Gasteiger partial charge is 0.241 e. The van der Waals surface area contributed by atoms with Crippen LogP contribution in [0.15, 0.2) is 30.7 Å². The summed E-state index contributed by atoms with van der Waals surface area (Å²) in [6.07, 6.45) is 4.78. The van der Waals surface area contributed by atoms with Gasteiger partial charge >= 0.3 is 0 Å². The zero-order chi connectivity index (χ0) is 13.7. The maximum atomic E-state index is 11.2. The summed E-state index contributed by atoms with van der Waals surface area (Å²) in [7, 11) is 1.58. The monoisotopic (exact) mass is 261 g/mol. The highest BCUT2D eigenvalue weighted by Crippen LogP contribution is 2.09. The van der Waals surface area contributed by atoms with E-state index in [1.807, 2.05) is 0 Å². The number of anilines is 1. The Labute approximate surface area is 110 Å². The van der Waals surface area contributed by atoms with Crippen molar-refractivity contribution in [1.82, 2.24) is 20.1 Å². The number of carbonyl (C=O) groups excluding carboxylic acids is 1. The molecule has 2 aromatic heterocycles. The van der Waals surface area contributed by atoms with Gasteiger partial charge in [0.25, 0.3) is 0 Å². The molecule has 0 bridgehead atoms. The maximum absolute atomic E-state index is 11.2. The molecule has 0 aliphatic carbocycles. The summed E-state index contributed by atoms with van der Waals surface area (Å²) in [5, 5.41) is 18.8. The topological polar surface area (TPSA) is 92.1 Å². The lowest BCUT2D eigenvalue weighted by atomic mass is 10.3. The van der Waals surface area contributed by atoms with Crippen molar-refractivity contribution < 1.29 is 9.90 Å². The number of likely N-dealkylation sites (N-methyl/N-ethyl adjacent to an activating group) is 1. The molecular formula is C12H15N5O2. The lowest BCUT2D eigenvalue weighted by Gasteiger charge is -2.03. The molecule has 19 heavy (non-hydrogen) atoms. The zero-order valence-corrected chi connectivity index (χ0v) is 10.5. The molecule has 0 aliphatic heterocycles. The highest BCUT2D eigenvalue weighted by Gasteiger charge is 2.03. The van der Waals surface area contributed by atoms with E-state index in [4.69, 9.17) is 5.11 Å². The van der Waals surface area contributed by atoms with Gasteiger partial charge in [0.2, 0.25) is 5.91 Å². The second-order valence-corrected chi connectivity index (χ2v) is 3.96. The predicted molar refractivity (Wildman–Crippen MR) is 69.5 cm³/mol. The molecule has 0 atom stereocenters. The molecule has 0 spiro atoms. The summed E-state index contributed by atoms with van der Waals surface area (Å²) < 4.78 is 1.55. The predicted octanol–water partition coefficient (Wildman–Crippen LogP) is 0.342. The van der Waals surface area contributed by atoms with Crippen LogP contribution < -0.4 is 10.6 Å². The van der Waals surface area contributed by atoms with Crippen LogP contribution in [0.5, 0.6) is 5.75 Å². The van der Waals surface area contributed by atoms with Crippen LogP contribution >= 0.6 is 0 Å². The lowest BCUT2D eigenvalue weighted by Crippen LogP contribution is -2.23. The molecule has 0 aliphatic rings. The first-order valence-corrected chi connectivity index (χ1v) is 5.78. The van der Waals surface area contributed by atoms with Crippen LogP contribution in [-0.2, 0) is 17.9 Å². The molecule has 0 unspecified atom stereocenters. The molecule has 100 valence electrons. The van der Waals surface area contributed by atoms with Gasteiger partial charge in [-0.3, -0.25) is 14.5 Å². The number of rotatable bonds is 5. The van der Waals surface area contributed by atoms with Gasteiger partial charge < -0.3 is 15.7 Å². The number of nitrogens with one attached hydrogen (secondary N) is 2. The van der Waals surface area contributed by atoms with Gasteiger partial charge in [-0.1, -0.05) is 0 Å². The van der Waals surface area contributed by atoms with E-state index in [1.165, 1.54) is 6.20 Å². The zero-order valence-electron chi connectivity index (χ0n) is 10.5. The second kappa shape index (κ2) is 5.85. The Morgan fingerprint density at radius 3 is 2.95 bits per heavy atom. The number of aromatic hydroxyl groups is 1. The summed E-state index contributed by atoms with van der Waals surface area (Å²) in [6.45, 7) is 0.710. The molecule has 0 aromatic carbocycles. The minimum atomic E-state index is -0.102. The molecule has 0 saturated carbocycles. The molecule has 7 nitrogen and oxygen atoms in total. The fourth-order valence-corrected chi connectivity index (χ4v) is 1.48. The number of hydrogen-bond donors (Lipinski definition) is 3. The maximum Gasteiger partial charge on any atom is 0.241 e. The first-order chi connectivity index (χ1) is 9.17. The lowest BCUT2D eigenvalue weighted by molar-refractivity contribution is -0.121. The Balaban J connectivity index is 1.89. The molecule has 2 rings (SSSR count). The van der Waals surface area contributed by atoms with Gasteiger partial charge in [-0.05, 0) is 12.1 Å². The van der Waals surface area contributed by atoms with Crippen molar-refractivity contribution in [2.75, 3.05) is 12.4 Å². The first-order valence-electron chi connectivity index (χ1n) is 5.78. The van der Waals surface area contributed by atoms with Crippen LogP contribution in [-0.4, -0.2) is 32.8 Å². The summed E-state index contributed by atoms with van der Waals surface area (Å²) in [5.41, 5.74) is 1.61. The van der Waals surface area contributed by atoms with Gasteiger partial charge in [0.15, 0.2) is 0 Å². The number of pyridine rings is 1. The Kier molecular flexibility index (Phi) is 3.97. The molecular weight excluding hydrogens is 246 g/mol. The van der Waals surface area contributed by atoms with E-state index in [1.54, 1.807) is 36.3 Å². The van der Waals surface area contributed by atoms with Crippen LogP contribution in [0.2, 0.25) is 0 Å². The number of amides is 1. The Bertz CT molecular complexity index is 550. The van der Waals surface area contributed by atoms with Crippen LogP contribution in [0, 0.1) is 0 Å². The van der Waals surface area contributed by atoms with E-state index in [-0.39, 0.29) is 18.2 Å². The normalized spacial score (nSPS) is 10.2. The molecule has 0 saturated heterocycles. The van der Waals surface area contributed by atoms with Gasteiger partial charge in [-0.15, -0.1) is 0 Å². The van der Waals surface area contributed by atoms with Gasteiger partial charge in [0, 0.05) is 13.2 Å². The van der Waals surface area contributed by atoms with E-state index >= 15 is 0 Å². The van der Waals surface area contributed by atoms with E-state index in [0.29, 0.717) is 6.54 Å². The minimum absolute atomic E-state index is 0.102. The van der Waals surface area contributed by atoms with E-state index < -0.39 is 0 Å². The van der Waals surface area contributed by atoms with Gasteiger partial charge in [-0.2, -0.15) is 5.10 Å². The van der Waals surface area contributed by atoms with Crippen molar-refractivity contribution in [2.24, 2.45) is 0 Å². The van der Waals surface area contributed by atoms with Crippen molar-refractivity contribution in [1.29, 1.82) is 0 Å². The molecule has 2 heterocycles. The van der Waals surface area contributed by atoms with Gasteiger partial charge in [0.05, 0.1) is 30.3 Å². The minimum Gasteiger partial charge on any atom is -0.506 e. The highest BCUT2D eigenvalue weighted by atomic mass is 16.3. The van der Waals surface area contributed by atoms with Crippen molar-refractivity contribution in [3.8, 4) is 5.75 Å². The number of carbonyl (C=O) groups is 1. The second-order valence-electron chi connectivity index (χ2n) is 3.96. The molecule has 0 fully saturated rings. The summed E-state index contributed by atoms with van der Waals surface area (Å²) in [4.78, 5) is 15.2. The average molecular weight is 261 g/mol. The standard InChI is InChI=1S/C12H15N5O2/c1-13-12(19)8-17-7-10(5-16-17)14-4-9-2-3-11(18)6-15-9/h2-3,5-7,14,18H,4,8H2,1H3,(H,13,19).